The molecule has 0 spiro atoms. The largest absolute Gasteiger partial charge is 0.472 e. The average molecular weight is 336 g/mol. The summed E-state index contributed by atoms with van der Waals surface area (Å²) in [6.07, 6.45) is 0.690. The lowest BCUT2D eigenvalue weighted by Crippen LogP contribution is -2.33. The monoisotopic (exact) mass is 336 g/mol. The Bertz CT molecular complexity index is 805. The van der Waals surface area contributed by atoms with Crippen molar-refractivity contribution in [2.45, 2.75) is 58.8 Å². The van der Waals surface area contributed by atoms with Crippen molar-refractivity contribution >= 4 is 0 Å². The zero-order valence-electron chi connectivity index (χ0n) is 15.3. The quantitative estimate of drug-likeness (QED) is 0.824. The number of benzene rings is 1. The van der Waals surface area contributed by atoms with Gasteiger partial charge in [0.1, 0.15) is 18.2 Å². The van der Waals surface area contributed by atoms with Crippen LogP contribution in [0.2, 0.25) is 0 Å². The van der Waals surface area contributed by atoms with Crippen LogP contribution in [0.1, 0.15) is 61.6 Å². The molecule has 0 aliphatic carbocycles. The molecule has 0 radical (unpaired) electrons. The molecule has 2 aromatic rings. The number of fused-ring (bicyclic) bond motifs is 1. The summed E-state index contributed by atoms with van der Waals surface area (Å²) in [5.74, 6) is 0.678. The van der Waals surface area contributed by atoms with Crippen LogP contribution in [0.25, 0.3) is 0 Å². The van der Waals surface area contributed by atoms with Crippen molar-refractivity contribution in [3.05, 3.63) is 58.3 Å². The van der Waals surface area contributed by atoms with Crippen LogP contribution in [0.5, 0.6) is 5.88 Å². The van der Waals surface area contributed by atoms with Gasteiger partial charge in [-0.25, -0.2) is 4.98 Å². The van der Waals surface area contributed by atoms with Crippen LogP contribution in [-0.2, 0) is 24.4 Å². The van der Waals surface area contributed by atoms with E-state index < -0.39 is 0 Å². The van der Waals surface area contributed by atoms with E-state index in [0.717, 1.165) is 22.4 Å². The van der Waals surface area contributed by atoms with E-state index in [1.807, 2.05) is 30.3 Å². The molecule has 1 aliphatic rings. The second kappa shape index (κ2) is 6.85. The van der Waals surface area contributed by atoms with Crippen molar-refractivity contribution in [1.29, 1.82) is 5.26 Å². The molecule has 4 heteroatoms. The molecule has 0 bridgehead atoms. The molecule has 2 heterocycles. The van der Waals surface area contributed by atoms with E-state index >= 15 is 0 Å². The first-order valence-corrected chi connectivity index (χ1v) is 8.67. The normalized spacial score (nSPS) is 15.5. The van der Waals surface area contributed by atoms with Crippen LogP contribution in [0.4, 0.5) is 0 Å². The highest BCUT2D eigenvalue weighted by Gasteiger charge is 2.32. The van der Waals surface area contributed by atoms with E-state index in [4.69, 9.17) is 14.5 Å². The number of nitriles is 1. The Morgan fingerprint density at radius 3 is 2.60 bits per heavy atom. The summed E-state index contributed by atoms with van der Waals surface area (Å²) in [6, 6.07) is 12.3. The summed E-state index contributed by atoms with van der Waals surface area (Å²) < 4.78 is 11.9. The first-order chi connectivity index (χ1) is 11.9. The fourth-order valence-corrected chi connectivity index (χ4v) is 3.19. The summed E-state index contributed by atoms with van der Waals surface area (Å²) >= 11 is 0. The van der Waals surface area contributed by atoms with Gasteiger partial charge in [-0.3, -0.25) is 0 Å². The van der Waals surface area contributed by atoms with Crippen LogP contribution in [0, 0.1) is 11.3 Å². The maximum absolute atomic E-state index is 9.76. The number of hydrogen-bond donors (Lipinski definition) is 0. The lowest BCUT2D eigenvalue weighted by Gasteiger charge is -2.34. The second-order valence-electron chi connectivity index (χ2n) is 7.40. The molecule has 0 atom stereocenters. The topological polar surface area (TPSA) is 55.1 Å². The minimum Gasteiger partial charge on any atom is -0.472 e. The van der Waals surface area contributed by atoms with Gasteiger partial charge in [-0.15, -0.1) is 0 Å². The molecular formula is C21H24N2O2. The molecule has 130 valence electrons. The molecule has 0 N–H and O–H groups in total. The van der Waals surface area contributed by atoms with Crippen molar-refractivity contribution in [2.75, 3.05) is 0 Å². The summed E-state index contributed by atoms with van der Waals surface area (Å²) in [5, 5.41) is 9.76. The Hall–Kier alpha value is -2.38. The van der Waals surface area contributed by atoms with Gasteiger partial charge in [-0.05, 0) is 30.9 Å². The third-order valence-corrected chi connectivity index (χ3v) is 4.50. The van der Waals surface area contributed by atoms with Gasteiger partial charge < -0.3 is 9.47 Å². The highest BCUT2D eigenvalue weighted by Crippen LogP contribution is 2.37. The smallest absolute Gasteiger partial charge is 0.232 e. The molecule has 25 heavy (non-hydrogen) atoms. The van der Waals surface area contributed by atoms with Gasteiger partial charge in [-0.1, -0.05) is 44.2 Å². The summed E-state index contributed by atoms with van der Waals surface area (Å²) in [5.41, 5.74) is 4.36. The van der Waals surface area contributed by atoms with Gasteiger partial charge in [-0.2, -0.15) is 5.26 Å². The van der Waals surface area contributed by atoms with Crippen LogP contribution in [0.15, 0.2) is 30.3 Å². The predicted molar refractivity (Wildman–Crippen MR) is 96.4 cm³/mol. The lowest BCUT2D eigenvalue weighted by molar-refractivity contribution is -0.0409. The van der Waals surface area contributed by atoms with E-state index in [1.165, 1.54) is 0 Å². The molecular weight excluding hydrogens is 312 g/mol. The number of pyridine rings is 1. The van der Waals surface area contributed by atoms with Gasteiger partial charge in [0.2, 0.25) is 5.88 Å². The van der Waals surface area contributed by atoms with E-state index in [2.05, 4.69) is 33.8 Å². The second-order valence-corrected chi connectivity index (χ2v) is 7.40. The minimum absolute atomic E-state index is 0.241. The molecule has 0 unspecified atom stereocenters. The fourth-order valence-electron chi connectivity index (χ4n) is 3.19. The maximum Gasteiger partial charge on any atom is 0.232 e. The summed E-state index contributed by atoms with van der Waals surface area (Å²) in [6.45, 7) is 9.22. The highest BCUT2D eigenvalue weighted by molar-refractivity contribution is 5.52. The highest BCUT2D eigenvalue weighted by atomic mass is 16.5. The predicted octanol–water partition coefficient (Wildman–Crippen LogP) is 4.51. The molecule has 0 saturated heterocycles. The van der Waals surface area contributed by atoms with Gasteiger partial charge in [0, 0.05) is 12.0 Å². The minimum atomic E-state index is -0.287. The number of ether oxygens (including phenoxy) is 2. The third-order valence-electron chi connectivity index (χ3n) is 4.50. The maximum atomic E-state index is 9.76. The van der Waals surface area contributed by atoms with E-state index in [-0.39, 0.29) is 11.5 Å². The fraction of sp³-hybridized carbons (Fsp3) is 0.429. The van der Waals surface area contributed by atoms with Crippen LogP contribution >= 0.6 is 0 Å². The molecule has 0 fully saturated rings. The Balaban J connectivity index is 2.03. The first kappa shape index (κ1) is 17.4. The molecule has 0 saturated carbocycles. The van der Waals surface area contributed by atoms with Gasteiger partial charge in [0.05, 0.1) is 17.9 Å². The molecule has 1 aromatic carbocycles. The van der Waals surface area contributed by atoms with Crippen LogP contribution in [0.3, 0.4) is 0 Å². The van der Waals surface area contributed by atoms with Crippen LogP contribution in [-0.4, -0.2) is 10.6 Å². The number of rotatable bonds is 4. The standard InChI is InChI=1S/C21H24N2O2/c1-14(2)19-18-13-25-21(3,4)10-16(18)17(11-22)20(23-19)24-12-15-8-6-5-7-9-15/h5-9,14H,10,12-13H2,1-4H3. The summed E-state index contributed by atoms with van der Waals surface area (Å²) in [7, 11) is 0. The average Bonchev–Trinajstić information content (AvgIpc) is 2.58. The Morgan fingerprint density at radius 1 is 1.24 bits per heavy atom. The van der Waals surface area contributed by atoms with Gasteiger partial charge >= 0.3 is 0 Å². The lowest BCUT2D eigenvalue weighted by atomic mass is 9.86. The van der Waals surface area contributed by atoms with Gasteiger partial charge in [0.25, 0.3) is 0 Å². The first-order valence-electron chi connectivity index (χ1n) is 8.67. The molecule has 0 amide bonds. The molecule has 3 rings (SSSR count). The van der Waals surface area contributed by atoms with Crippen molar-refractivity contribution in [3.8, 4) is 11.9 Å². The zero-order chi connectivity index (χ0) is 18.0. The Morgan fingerprint density at radius 2 is 1.96 bits per heavy atom. The third kappa shape index (κ3) is 3.67. The molecule has 4 nitrogen and oxygen atoms in total. The molecule has 1 aromatic heterocycles. The SMILES string of the molecule is CC(C)c1nc(OCc2ccccc2)c(C#N)c2c1COC(C)(C)C2. The van der Waals surface area contributed by atoms with E-state index in [1.54, 1.807) is 0 Å². The number of aromatic nitrogens is 1. The van der Waals surface area contributed by atoms with Crippen molar-refractivity contribution < 1.29 is 9.47 Å². The van der Waals surface area contributed by atoms with E-state index in [0.29, 0.717) is 31.1 Å². The van der Waals surface area contributed by atoms with Crippen LogP contribution < -0.4 is 4.74 Å². The Kier molecular flexibility index (Phi) is 4.78. The molecule has 1 aliphatic heterocycles. The zero-order valence-corrected chi connectivity index (χ0v) is 15.3. The Labute approximate surface area is 149 Å². The van der Waals surface area contributed by atoms with Crippen molar-refractivity contribution in [2.24, 2.45) is 0 Å². The van der Waals surface area contributed by atoms with Gasteiger partial charge in [0.15, 0.2) is 0 Å². The van der Waals surface area contributed by atoms with Crippen molar-refractivity contribution in [1.82, 2.24) is 4.98 Å². The van der Waals surface area contributed by atoms with E-state index in [9.17, 15) is 5.26 Å². The number of hydrogen-bond acceptors (Lipinski definition) is 4. The number of nitrogens with zero attached hydrogens (tertiary/aromatic N) is 2. The van der Waals surface area contributed by atoms with Crippen molar-refractivity contribution in [3.63, 3.8) is 0 Å². The summed E-state index contributed by atoms with van der Waals surface area (Å²) in [4.78, 5) is 4.69.